The summed E-state index contributed by atoms with van der Waals surface area (Å²) in [6.45, 7) is 11.4. The molecule has 1 aliphatic heterocycles. The van der Waals surface area contributed by atoms with E-state index in [0.717, 1.165) is 19.0 Å². The number of nitrogens with one attached hydrogen (secondary N) is 1. The number of aromatic nitrogens is 1. The molecule has 208 valence electrons. The molecule has 11 heteroatoms. The van der Waals surface area contributed by atoms with Crippen LogP contribution < -0.4 is 17.2 Å². The number of hydrogen-bond donors (Lipinski definition) is 4. The molecule has 0 spiro atoms. The van der Waals surface area contributed by atoms with Crippen molar-refractivity contribution in [3.8, 4) is 0 Å². The average Bonchev–Trinajstić information content (AvgIpc) is 2.88. The van der Waals surface area contributed by atoms with Gasteiger partial charge in [-0.25, -0.2) is 0 Å². The first-order chi connectivity index (χ1) is 17.3. The molecule has 2 rings (SSSR count). The van der Waals surface area contributed by atoms with Crippen molar-refractivity contribution in [1.29, 1.82) is 5.41 Å². The van der Waals surface area contributed by atoms with Crippen LogP contribution in [0.15, 0.2) is 36.2 Å². The van der Waals surface area contributed by atoms with E-state index < -0.39 is 23.8 Å². The van der Waals surface area contributed by atoms with Gasteiger partial charge in [-0.3, -0.25) is 14.6 Å². The summed E-state index contributed by atoms with van der Waals surface area (Å²) in [6.07, 6.45) is 0.769. The molecular weight excluding hydrogens is 485 g/mol. The Bertz CT molecular complexity index is 976. The Labute approximate surface area is 217 Å². The van der Waals surface area contributed by atoms with Crippen LogP contribution in [0.4, 0.5) is 18.9 Å². The molecule has 1 unspecified atom stereocenters. The van der Waals surface area contributed by atoms with Crippen molar-refractivity contribution in [3.63, 3.8) is 0 Å². The van der Waals surface area contributed by atoms with Gasteiger partial charge < -0.3 is 27.5 Å². The third-order valence-electron chi connectivity index (χ3n) is 5.91. The van der Waals surface area contributed by atoms with Crippen molar-refractivity contribution in [2.24, 2.45) is 17.4 Å². The van der Waals surface area contributed by atoms with Gasteiger partial charge in [-0.2, -0.15) is 13.2 Å². The zero-order chi connectivity index (χ0) is 28.9. The van der Waals surface area contributed by atoms with Gasteiger partial charge >= 0.3 is 6.18 Å². The Morgan fingerprint density at radius 3 is 2.27 bits per heavy atom. The standard InChI is InChI=1S/C18H24F3N5O.C7H12O.CH5N/c1-3-5-11(22)16-12(23)6-7-26(14(16)4-2)17(27)10-9-25-15(8-13(10)24)18(19,20)21;1-4-6(3)7(8)5-2;1-2/h8-9,14,22H,3-7,23H2,1-2H3,(H2,24,25);5-6H,2,4H2,1,3H3;2H2,1H3/t;6-;/m.1./s1. The zero-order valence-electron chi connectivity index (χ0n) is 22.4. The van der Waals surface area contributed by atoms with Crippen molar-refractivity contribution < 1.29 is 22.8 Å². The van der Waals surface area contributed by atoms with E-state index in [1.807, 2.05) is 27.7 Å². The van der Waals surface area contributed by atoms with Crippen molar-refractivity contribution in [2.75, 3.05) is 19.3 Å². The molecule has 7 N–H and O–H groups in total. The van der Waals surface area contributed by atoms with Crippen LogP contribution in [-0.4, -0.2) is 46.9 Å². The van der Waals surface area contributed by atoms with E-state index in [0.29, 0.717) is 48.9 Å². The Hall–Kier alpha value is -3.21. The van der Waals surface area contributed by atoms with Crippen molar-refractivity contribution in [1.82, 2.24) is 9.88 Å². The second kappa shape index (κ2) is 15.8. The SMILES string of the molecule is C=CC(=O)[C@H](C)CC.CCCC(=N)C1=C(N)CCN(C(=O)c2cnc(C(F)(F)F)cc2N)C1CC.CN. The smallest absolute Gasteiger partial charge is 0.402 e. The number of amides is 1. The summed E-state index contributed by atoms with van der Waals surface area (Å²) < 4.78 is 38.3. The van der Waals surface area contributed by atoms with Gasteiger partial charge in [0.05, 0.1) is 11.6 Å². The number of nitrogen functional groups attached to an aromatic ring is 1. The lowest BCUT2D eigenvalue weighted by atomic mass is 9.89. The van der Waals surface area contributed by atoms with E-state index in [4.69, 9.17) is 16.9 Å². The Morgan fingerprint density at radius 2 is 1.86 bits per heavy atom. The quantitative estimate of drug-likeness (QED) is 0.284. The van der Waals surface area contributed by atoms with E-state index >= 15 is 0 Å². The highest BCUT2D eigenvalue weighted by molar-refractivity contribution is 6.03. The number of halogens is 3. The molecule has 0 saturated heterocycles. The summed E-state index contributed by atoms with van der Waals surface area (Å²) >= 11 is 0. The fraction of sp³-hybridized carbons (Fsp3) is 0.538. The van der Waals surface area contributed by atoms with Crippen LogP contribution in [0.2, 0.25) is 0 Å². The van der Waals surface area contributed by atoms with Crippen LogP contribution in [0.3, 0.4) is 0 Å². The first-order valence-corrected chi connectivity index (χ1v) is 12.3. The Kier molecular flexibility index (Phi) is 14.4. The maximum Gasteiger partial charge on any atom is 0.433 e. The predicted octanol–water partition coefficient (Wildman–Crippen LogP) is 4.70. The molecule has 0 fully saturated rings. The van der Waals surface area contributed by atoms with Gasteiger partial charge in [-0.05, 0) is 38.5 Å². The van der Waals surface area contributed by atoms with Crippen molar-refractivity contribution in [3.05, 3.63) is 47.4 Å². The Morgan fingerprint density at radius 1 is 1.27 bits per heavy atom. The molecule has 0 radical (unpaired) electrons. The third-order valence-corrected chi connectivity index (χ3v) is 5.91. The first kappa shape index (κ1) is 33.8. The number of carbonyl (C=O) groups excluding carboxylic acids is 2. The normalized spacial score (nSPS) is 16.0. The summed E-state index contributed by atoms with van der Waals surface area (Å²) in [6, 6.07) is 0.259. The van der Waals surface area contributed by atoms with E-state index in [2.05, 4.69) is 17.3 Å². The zero-order valence-corrected chi connectivity index (χ0v) is 22.4. The highest BCUT2D eigenvalue weighted by Gasteiger charge is 2.36. The van der Waals surface area contributed by atoms with Crippen LogP contribution in [0.25, 0.3) is 0 Å². The summed E-state index contributed by atoms with van der Waals surface area (Å²) in [4.78, 5) is 28.5. The van der Waals surface area contributed by atoms with Gasteiger partial charge in [0, 0.05) is 47.7 Å². The summed E-state index contributed by atoms with van der Waals surface area (Å²) in [5.74, 6) is -0.199. The van der Waals surface area contributed by atoms with E-state index in [9.17, 15) is 22.8 Å². The molecule has 0 bridgehead atoms. The lowest BCUT2D eigenvalue weighted by Crippen LogP contribution is -2.47. The summed E-state index contributed by atoms with van der Waals surface area (Å²) in [7, 11) is 1.50. The molecule has 1 amide bonds. The van der Waals surface area contributed by atoms with Gasteiger partial charge in [0.1, 0.15) is 5.69 Å². The second-order valence-electron chi connectivity index (χ2n) is 8.41. The average molecular weight is 527 g/mol. The topological polar surface area (TPSA) is 152 Å². The molecule has 1 aromatic rings. The molecule has 0 aliphatic carbocycles. The first-order valence-electron chi connectivity index (χ1n) is 12.3. The van der Waals surface area contributed by atoms with Crippen LogP contribution in [0.1, 0.15) is 75.9 Å². The highest BCUT2D eigenvalue weighted by Crippen LogP contribution is 2.32. The van der Waals surface area contributed by atoms with Gasteiger partial charge in [-0.1, -0.05) is 40.7 Å². The third kappa shape index (κ3) is 9.31. The van der Waals surface area contributed by atoms with Crippen molar-refractivity contribution in [2.45, 2.75) is 72.0 Å². The lowest BCUT2D eigenvalue weighted by Gasteiger charge is -2.38. The monoisotopic (exact) mass is 526 g/mol. The lowest BCUT2D eigenvalue weighted by molar-refractivity contribution is -0.141. The number of anilines is 1. The number of nitrogens with two attached hydrogens (primary N) is 3. The minimum Gasteiger partial charge on any atom is -0.402 e. The van der Waals surface area contributed by atoms with Gasteiger partial charge in [0.15, 0.2) is 5.78 Å². The molecule has 0 saturated carbocycles. The summed E-state index contributed by atoms with van der Waals surface area (Å²) in [5, 5.41) is 8.28. The number of nitrogens with zero attached hydrogens (tertiary/aromatic N) is 2. The van der Waals surface area contributed by atoms with Crippen LogP contribution in [0, 0.1) is 11.3 Å². The fourth-order valence-electron chi connectivity index (χ4n) is 3.71. The van der Waals surface area contributed by atoms with E-state index in [1.165, 1.54) is 18.0 Å². The minimum atomic E-state index is -4.63. The highest BCUT2D eigenvalue weighted by atomic mass is 19.4. The minimum absolute atomic E-state index is 0.0803. The largest absolute Gasteiger partial charge is 0.433 e. The maximum absolute atomic E-state index is 13.0. The Balaban J connectivity index is 0.00000111. The summed E-state index contributed by atoms with van der Waals surface area (Å²) in [5.41, 5.74) is 16.4. The molecule has 8 nitrogen and oxygen atoms in total. The molecular formula is C26H41F3N6O2. The van der Waals surface area contributed by atoms with E-state index in [1.54, 1.807) is 0 Å². The predicted molar refractivity (Wildman–Crippen MR) is 142 cm³/mol. The second-order valence-corrected chi connectivity index (χ2v) is 8.41. The molecule has 1 aromatic heterocycles. The van der Waals surface area contributed by atoms with Crippen molar-refractivity contribution >= 4 is 23.1 Å². The number of ketones is 1. The molecule has 37 heavy (non-hydrogen) atoms. The number of allylic oxidation sites excluding steroid dienone is 1. The fourth-order valence-corrected chi connectivity index (χ4v) is 3.71. The van der Waals surface area contributed by atoms with Gasteiger partial charge in [-0.15, -0.1) is 0 Å². The molecule has 2 atom stereocenters. The van der Waals surface area contributed by atoms with Crippen LogP contribution in [-0.2, 0) is 11.0 Å². The number of alkyl halides is 3. The molecule has 1 aliphatic rings. The number of carbonyl (C=O) groups is 2. The van der Waals surface area contributed by atoms with Gasteiger partial charge in [0.2, 0.25) is 0 Å². The maximum atomic E-state index is 13.0. The number of rotatable bonds is 8. The molecule has 0 aromatic carbocycles. The molecule has 2 heterocycles. The number of pyridine rings is 1. The number of hydrogen-bond acceptors (Lipinski definition) is 7. The van der Waals surface area contributed by atoms with Gasteiger partial charge in [0.25, 0.3) is 5.91 Å². The van der Waals surface area contributed by atoms with E-state index in [-0.39, 0.29) is 23.0 Å². The van der Waals surface area contributed by atoms with Crippen LogP contribution in [0.5, 0.6) is 0 Å². The van der Waals surface area contributed by atoms with Crippen LogP contribution >= 0.6 is 0 Å².